The first-order valence-electron chi connectivity index (χ1n) is 6.83. The van der Waals surface area contributed by atoms with Gasteiger partial charge in [0.1, 0.15) is 11.3 Å². The highest BCUT2D eigenvalue weighted by Crippen LogP contribution is 2.31. The minimum Gasteiger partial charge on any atom is -0.550 e. The zero-order valence-corrected chi connectivity index (χ0v) is 12.3. The Morgan fingerprint density at radius 1 is 1.33 bits per heavy atom. The number of hydrogen-bond acceptors (Lipinski definition) is 5. The number of benzene rings is 1. The molecule has 0 aliphatic carbocycles. The first-order valence-corrected chi connectivity index (χ1v) is 6.83. The molecule has 0 aliphatic heterocycles. The highest BCUT2D eigenvalue weighted by molar-refractivity contribution is 5.89. The molecule has 21 heavy (non-hydrogen) atoms. The number of fused-ring (bicyclic) bond motifs is 1. The number of ether oxygens (including phenoxy) is 1. The topological polar surface area (TPSA) is 79.6 Å². The van der Waals surface area contributed by atoms with E-state index in [1.54, 1.807) is 13.0 Å². The van der Waals surface area contributed by atoms with Crippen LogP contribution in [0.1, 0.15) is 30.0 Å². The fraction of sp³-hybridized carbons (Fsp3) is 0.375. The van der Waals surface area contributed by atoms with Gasteiger partial charge in [-0.3, -0.25) is 0 Å². The average molecular weight is 289 g/mol. The molecule has 5 heteroatoms. The number of aryl methyl sites for hydroxylation is 2. The normalized spacial score (nSPS) is 10.8. The van der Waals surface area contributed by atoms with E-state index in [2.05, 4.69) is 0 Å². The summed E-state index contributed by atoms with van der Waals surface area (Å²) in [6.45, 7) is 6.10. The Kier molecular flexibility index (Phi) is 4.31. The molecule has 0 saturated carbocycles. The van der Waals surface area contributed by atoms with E-state index in [-0.39, 0.29) is 5.56 Å². The number of carboxylic acids is 1. The van der Waals surface area contributed by atoms with Gasteiger partial charge in [-0.2, -0.15) is 0 Å². The summed E-state index contributed by atoms with van der Waals surface area (Å²) in [6, 6.07) is 3.60. The Bertz CT molecular complexity index is 742. The molecule has 0 bridgehead atoms. The molecule has 2 rings (SSSR count). The second-order valence-corrected chi connectivity index (χ2v) is 5.03. The predicted molar refractivity (Wildman–Crippen MR) is 76.5 cm³/mol. The zero-order chi connectivity index (χ0) is 15.6. The van der Waals surface area contributed by atoms with E-state index in [4.69, 9.17) is 9.15 Å². The lowest BCUT2D eigenvalue weighted by atomic mass is 10.0. The molecule has 0 amide bonds. The van der Waals surface area contributed by atoms with Crippen molar-refractivity contribution in [2.24, 2.45) is 0 Å². The van der Waals surface area contributed by atoms with Crippen LogP contribution < -0.4 is 15.5 Å². The van der Waals surface area contributed by atoms with E-state index < -0.39 is 18.0 Å². The molecular formula is C16H17O5-. The third-order valence-electron chi connectivity index (χ3n) is 3.27. The van der Waals surface area contributed by atoms with E-state index in [1.807, 2.05) is 19.9 Å². The van der Waals surface area contributed by atoms with Gasteiger partial charge >= 0.3 is 5.63 Å². The van der Waals surface area contributed by atoms with Crippen LogP contribution in [-0.2, 0) is 11.2 Å². The summed E-state index contributed by atoms with van der Waals surface area (Å²) >= 11 is 0. The molecule has 1 aromatic heterocycles. The summed E-state index contributed by atoms with van der Waals surface area (Å²) in [4.78, 5) is 22.7. The number of carboxylic acid groups (broad SMARTS) is 1. The number of carbonyl (C=O) groups is 1. The van der Waals surface area contributed by atoms with Crippen LogP contribution in [0.4, 0.5) is 0 Å². The smallest absolute Gasteiger partial charge is 0.340 e. The van der Waals surface area contributed by atoms with Crippen LogP contribution in [0, 0.1) is 13.8 Å². The monoisotopic (exact) mass is 289 g/mol. The Morgan fingerprint density at radius 3 is 2.67 bits per heavy atom. The van der Waals surface area contributed by atoms with E-state index in [0.717, 1.165) is 12.0 Å². The fourth-order valence-electron chi connectivity index (χ4n) is 2.31. The van der Waals surface area contributed by atoms with Gasteiger partial charge < -0.3 is 19.1 Å². The second-order valence-electron chi connectivity index (χ2n) is 5.03. The van der Waals surface area contributed by atoms with Crippen LogP contribution in [0.15, 0.2) is 21.3 Å². The first kappa shape index (κ1) is 15.1. The van der Waals surface area contributed by atoms with Gasteiger partial charge in [0.05, 0.1) is 12.0 Å². The van der Waals surface area contributed by atoms with Crippen LogP contribution in [0.25, 0.3) is 11.0 Å². The molecule has 0 spiro atoms. The summed E-state index contributed by atoms with van der Waals surface area (Å²) in [5.74, 6) is -0.708. The van der Waals surface area contributed by atoms with Gasteiger partial charge in [-0.1, -0.05) is 6.92 Å². The summed E-state index contributed by atoms with van der Waals surface area (Å²) < 4.78 is 11.0. The lowest BCUT2D eigenvalue weighted by Gasteiger charge is -2.13. The van der Waals surface area contributed by atoms with Crippen LogP contribution in [0.2, 0.25) is 0 Å². The summed E-state index contributed by atoms with van der Waals surface area (Å²) in [7, 11) is 0. The van der Waals surface area contributed by atoms with Gasteiger partial charge in [0.2, 0.25) is 0 Å². The van der Waals surface area contributed by atoms with E-state index in [9.17, 15) is 14.7 Å². The van der Waals surface area contributed by atoms with Crippen molar-refractivity contribution in [1.29, 1.82) is 0 Å². The molecule has 0 unspecified atom stereocenters. The van der Waals surface area contributed by atoms with E-state index in [0.29, 0.717) is 28.9 Å². The van der Waals surface area contributed by atoms with Crippen LogP contribution in [-0.4, -0.2) is 12.6 Å². The van der Waals surface area contributed by atoms with Crippen molar-refractivity contribution in [1.82, 2.24) is 0 Å². The maximum Gasteiger partial charge on any atom is 0.340 e. The Hall–Kier alpha value is -2.30. The van der Waals surface area contributed by atoms with Gasteiger partial charge in [0.15, 0.2) is 0 Å². The third-order valence-corrected chi connectivity index (χ3v) is 3.27. The molecule has 0 radical (unpaired) electrons. The predicted octanol–water partition coefficient (Wildman–Crippen LogP) is 1.49. The molecule has 0 saturated heterocycles. The molecule has 1 heterocycles. The third kappa shape index (κ3) is 3.07. The number of hydrogen-bond donors (Lipinski definition) is 0. The van der Waals surface area contributed by atoms with Crippen molar-refractivity contribution in [2.45, 2.75) is 33.6 Å². The zero-order valence-electron chi connectivity index (χ0n) is 12.3. The van der Waals surface area contributed by atoms with Crippen molar-refractivity contribution in [2.75, 3.05) is 6.61 Å². The second kappa shape index (κ2) is 5.99. The summed E-state index contributed by atoms with van der Waals surface area (Å²) in [5, 5.41) is 11.4. The molecule has 5 nitrogen and oxygen atoms in total. The first-order chi connectivity index (χ1) is 9.93. The van der Waals surface area contributed by atoms with Crippen molar-refractivity contribution in [3.8, 4) is 5.75 Å². The SMILES string of the molecule is CCCOc1cc(C)cc2oc(=O)c(CC(=O)[O-])c(C)c12. The molecular weight excluding hydrogens is 272 g/mol. The largest absolute Gasteiger partial charge is 0.550 e. The number of aliphatic carboxylic acids is 1. The lowest BCUT2D eigenvalue weighted by Crippen LogP contribution is -2.27. The molecule has 112 valence electrons. The van der Waals surface area contributed by atoms with Crippen molar-refractivity contribution >= 4 is 16.9 Å². The minimum absolute atomic E-state index is 0.104. The van der Waals surface area contributed by atoms with Gasteiger partial charge in [-0.05, 0) is 43.5 Å². The maximum atomic E-state index is 11.9. The highest BCUT2D eigenvalue weighted by Gasteiger charge is 2.16. The van der Waals surface area contributed by atoms with Gasteiger partial charge in [-0.25, -0.2) is 4.79 Å². The van der Waals surface area contributed by atoms with Gasteiger partial charge in [-0.15, -0.1) is 0 Å². The molecule has 0 fully saturated rings. The van der Waals surface area contributed by atoms with Crippen LogP contribution in [0.3, 0.4) is 0 Å². The fourth-order valence-corrected chi connectivity index (χ4v) is 2.31. The van der Waals surface area contributed by atoms with E-state index >= 15 is 0 Å². The molecule has 2 aromatic rings. The van der Waals surface area contributed by atoms with Crippen LogP contribution >= 0.6 is 0 Å². The molecule has 0 aliphatic rings. The van der Waals surface area contributed by atoms with Crippen molar-refractivity contribution in [3.05, 3.63) is 39.2 Å². The number of carbonyl (C=O) groups excluding carboxylic acids is 1. The van der Waals surface area contributed by atoms with Crippen LogP contribution in [0.5, 0.6) is 5.75 Å². The Labute approximate surface area is 122 Å². The summed E-state index contributed by atoms with van der Waals surface area (Å²) in [5.41, 5.74) is 1.34. The standard InChI is InChI=1S/C16H18O5/c1-4-5-20-12-6-9(2)7-13-15(12)10(3)11(8-14(17)18)16(19)21-13/h6-7H,4-5,8H2,1-3H3,(H,17,18)/p-1. The lowest BCUT2D eigenvalue weighted by molar-refractivity contribution is -0.304. The van der Waals surface area contributed by atoms with Gasteiger partial charge in [0.25, 0.3) is 0 Å². The van der Waals surface area contributed by atoms with Crippen molar-refractivity contribution in [3.63, 3.8) is 0 Å². The molecule has 0 atom stereocenters. The van der Waals surface area contributed by atoms with Crippen molar-refractivity contribution < 1.29 is 19.1 Å². The Morgan fingerprint density at radius 2 is 2.05 bits per heavy atom. The highest BCUT2D eigenvalue weighted by atomic mass is 16.5. The molecule has 0 N–H and O–H groups in total. The average Bonchev–Trinajstić information content (AvgIpc) is 2.39. The minimum atomic E-state index is -1.31. The van der Waals surface area contributed by atoms with Gasteiger partial charge in [0, 0.05) is 18.0 Å². The molecule has 1 aromatic carbocycles. The van der Waals surface area contributed by atoms with E-state index in [1.165, 1.54) is 0 Å². The quantitative estimate of drug-likeness (QED) is 0.779. The Balaban J connectivity index is 2.73. The number of rotatable bonds is 5. The summed E-state index contributed by atoms with van der Waals surface area (Å²) in [6.07, 6.45) is 0.377. The maximum absolute atomic E-state index is 11.9.